The van der Waals surface area contributed by atoms with E-state index in [4.69, 9.17) is 0 Å². The summed E-state index contributed by atoms with van der Waals surface area (Å²) < 4.78 is 0. The first-order valence-corrected chi connectivity index (χ1v) is 4.49. The number of nitrogens with one attached hydrogen (secondary N) is 2. The molecule has 0 atom stereocenters. The van der Waals surface area contributed by atoms with Gasteiger partial charge in [0.1, 0.15) is 0 Å². The molecule has 0 radical (unpaired) electrons. The van der Waals surface area contributed by atoms with Gasteiger partial charge in [-0.05, 0) is 12.1 Å². The van der Waals surface area contributed by atoms with E-state index in [9.17, 15) is 4.79 Å². The van der Waals surface area contributed by atoms with Gasteiger partial charge in [0, 0.05) is 31.1 Å². The van der Waals surface area contributed by atoms with Gasteiger partial charge < -0.3 is 10.3 Å². The summed E-state index contributed by atoms with van der Waals surface area (Å²) >= 11 is 0. The second-order valence-electron chi connectivity index (χ2n) is 2.96. The van der Waals surface area contributed by atoms with Crippen LogP contribution in [0.25, 0.3) is 11.3 Å². The fraction of sp³-hybridized carbons (Fsp3) is 0.100. The van der Waals surface area contributed by atoms with E-state index in [-0.39, 0.29) is 5.56 Å². The maximum atomic E-state index is 10.9. The number of hydrogen-bond acceptors (Lipinski definition) is 4. The van der Waals surface area contributed by atoms with Gasteiger partial charge in [-0.15, -0.1) is 0 Å². The van der Waals surface area contributed by atoms with Gasteiger partial charge in [0.05, 0.1) is 5.69 Å². The minimum Gasteiger partial charge on any atom is -0.357 e. The Morgan fingerprint density at radius 1 is 1.33 bits per heavy atom. The van der Waals surface area contributed by atoms with Gasteiger partial charge in [-0.1, -0.05) is 0 Å². The van der Waals surface area contributed by atoms with E-state index in [1.54, 1.807) is 31.6 Å². The molecule has 0 aliphatic heterocycles. The van der Waals surface area contributed by atoms with Crippen LogP contribution in [-0.4, -0.2) is 22.0 Å². The maximum absolute atomic E-state index is 10.9. The highest BCUT2D eigenvalue weighted by atomic mass is 16.1. The van der Waals surface area contributed by atoms with Crippen LogP contribution in [0.5, 0.6) is 0 Å². The zero-order valence-corrected chi connectivity index (χ0v) is 8.19. The van der Waals surface area contributed by atoms with Crippen molar-refractivity contribution in [2.45, 2.75) is 0 Å². The first-order valence-electron chi connectivity index (χ1n) is 4.49. The summed E-state index contributed by atoms with van der Waals surface area (Å²) in [6.07, 6.45) is 3.30. The summed E-state index contributed by atoms with van der Waals surface area (Å²) in [6.45, 7) is 0. The van der Waals surface area contributed by atoms with Crippen molar-refractivity contribution in [3.63, 3.8) is 0 Å². The number of rotatable bonds is 2. The zero-order chi connectivity index (χ0) is 10.7. The van der Waals surface area contributed by atoms with E-state index in [0.717, 1.165) is 11.3 Å². The molecule has 0 spiro atoms. The van der Waals surface area contributed by atoms with Crippen molar-refractivity contribution in [2.75, 3.05) is 12.4 Å². The van der Waals surface area contributed by atoms with Crippen molar-refractivity contribution >= 4 is 5.95 Å². The predicted molar refractivity (Wildman–Crippen MR) is 57.6 cm³/mol. The normalized spacial score (nSPS) is 9.93. The minimum absolute atomic E-state index is 0.123. The molecule has 0 saturated heterocycles. The van der Waals surface area contributed by atoms with Crippen LogP contribution in [0.3, 0.4) is 0 Å². The fourth-order valence-electron chi connectivity index (χ4n) is 1.21. The van der Waals surface area contributed by atoms with Crippen LogP contribution in [0.1, 0.15) is 0 Å². The van der Waals surface area contributed by atoms with Crippen molar-refractivity contribution in [3.8, 4) is 11.3 Å². The van der Waals surface area contributed by atoms with E-state index in [0.29, 0.717) is 5.95 Å². The Balaban J connectivity index is 2.44. The third kappa shape index (κ3) is 2.01. The van der Waals surface area contributed by atoms with E-state index in [1.807, 2.05) is 0 Å². The van der Waals surface area contributed by atoms with Crippen molar-refractivity contribution in [2.24, 2.45) is 0 Å². The highest BCUT2D eigenvalue weighted by molar-refractivity contribution is 5.58. The lowest BCUT2D eigenvalue weighted by Gasteiger charge is -2.01. The molecule has 2 heterocycles. The highest BCUT2D eigenvalue weighted by Crippen LogP contribution is 2.14. The Bertz CT molecular complexity index is 500. The molecule has 5 heteroatoms. The standard InChI is InChI=1S/C10H10N4O/c1-11-10-12-5-4-8(14-10)7-2-3-9(15)13-6-7/h2-6H,1H3,(H,13,15)(H,11,12,14). The van der Waals surface area contributed by atoms with E-state index < -0.39 is 0 Å². The largest absolute Gasteiger partial charge is 0.357 e. The third-order valence-electron chi connectivity index (χ3n) is 1.96. The molecule has 2 aromatic rings. The van der Waals surface area contributed by atoms with E-state index in [1.165, 1.54) is 6.07 Å². The lowest BCUT2D eigenvalue weighted by molar-refractivity contribution is 1.15. The van der Waals surface area contributed by atoms with Gasteiger partial charge in [0.15, 0.2) is 0 Å². The second kappa shape index (κ2) is 3.91. The first-order chi connectivity index (χ1) is 7.29. The summed E-state index contributed by atoms with van der Waals surface area (Å²) in [4.78, 5) is 21.7. The van der Waals surface area contributed by atoms with Crippen LogP contribution in [0, 0.1) is 0 Å². The number of anilines is 1. The van der Waals surface area contributed by atoms with Crippen molar-refractivity contribution < 1.29 is 0 Å². The molecule has 0 aliphatic carbocycles. The summed E-state index contributed by atoms with van der Waals surface area (Å²) in [6, 6.07) is 4.98. The van der Waals surface area contributed by atoms with E-state index >= 15 is 0 Å². The molecule has 0 bridgehead atoms. The van der Waals surface area contributed by atoms with Crippen LogP contribution in [0.15, 0.2) is 35.4 Å². The molecule has 5 nitrogen and oxygen atoms in total. The number of aromatic amines is 1. The van der Waals surface area contributed by atoms with Gasteiger partial charge in [-0.25, -0.2) is 9.97 Å². The predicted octanol–water partition coefficient (Wildman–Crippen LogP) is 0.874. The highest BCUT2D eigenvalue weighted by Gasteiger charge is 2.00. The van der Waals surface area contributed by atoms with Gasteiger partial charge in [-0.2, -0.15) is 0 Å². The van der Waals surface area contributed by atoms with Gasteiger partial charge >= 0.3 is 0 Å². The number of pyridine rings is 1. The molecule has 0 aliphatic rings. The molecular formula is C10H10N4O. The molecule has 0 saturated carbocycles. The van der Waals surface area contributed by atoms with Crippen LogP contribution in [-0.2, 0) is 0 Å². The molecule has 2 N–H and O–H groups in total. The van der Waals surface area contributed by atoms with Gasteiger partial charge in [-0.3, -0.25) is 4.79 Å². The summed E-state index contributed by atoms with van der Waals surface area (Å²) in [5, 5.41) is 2.85. The number of H-pyrrole nitrogens is 1. The molecule has 2 rings (SSSR count). The van der Waals surface area contributed by atoms with Crippen LogP contribution < -0.4 is 10.9 Å². The Labute approximate surface area is 86.2 Å². The third-order valence-corrected chi connectivity index (χ3v) is 1.96. The van der Waals surface area contributed by atoms with Crippen LogP contribution >= 0.6 is 0 Å². The smallest absolute Gasteiger partial charge is 0.247 e. The average Bonchev–Trinajstić information content (AvgIpc) is 2.30. The summed E-state index contributed by atoms with van der Waals surface area (Å²) in [7, 11) is 1.76. The first kappa shape index (κ1) is 9.39. The monoisotopic (exact) mass is 202 g/mol. The topological polar surface area (TPSA) is 70.7 Å². The van der Waals surface area contributed by atoms with Crippen molar-refractivity contribution in [1.29, 1.82) is 0 Å². The number of nitrogens with zero attached hydrogens (tertiary/aromatic N) is 2. The van der Waals surface area contributed by atoms with Gasteiger partial charge in [0.2, 0.25) is 11.5 Å². The average molecular weight is 202 g/mol. The molecule has 0 unspecified atom stereocenters. The van der Waals surface area contributed by atoms with Crippen molar-refractivity contribution in [1.82, 2.24) is 15.0 Å². The molecule has 0 fully saturated rings. The Morgan fingerprint density at radius 2 is 2.20 bits per heavy atom. The van der Waals surface area contributed by atoms with Crippen molar-refractivity contribution in [3.05, 3.63) is 40.9 Å². The van der Waals surface area contributed by atoms with Crippen LogP contribution in [0.2, 0.25) is 0 Å². The molecule has 2 aromatic heterocycles. The molecule has 0 aromatic carbocycles. The van der Waals surface area contributed by atoms with Gasteiger partial charge in [0.25, 0.3) is 0 Å². The SMILES string of the molecule is CNc1nccc(-c2ccc(=O)[nH]c2)n1. The lowest BCUT2D eigenvalue weighted by Crippen LogP contribution is -2.02. The number of aromatic nitrogens is 3. The maximum Gasteiger partial charge on any atom is 0.247 e. The number of hydrogen-bond donors (Lipinski definition) is 2. The summed E-state index contributed by atoms with van der Waals surface area (Å²) in [5.74, 6) is 0.554. The Kier molecular flexibility index (Phi) is 2.45. The lowest BCUT2D eigenvalue weighted by atomic mass is 10.2. The summed E-state index contributed by atoms with van der Waals surface area (Å²) in [5.41, 5.74) is 1.50. The molecule has 0 amide bonds. The Hall–Kier alpha value is -2.17. The quantitative estimate of drug-likeness (QED) is 0.758. The molecular weight excluding hydrogens is 192 g/mol. The molecule has 76 valence electrons. The zero-order valence-electron chi connectivity index (χ0n) is 8.19. The van der Waals surface area contributed by atoms with E-state index in [2.05, 4.69) is 20.3 Å². The second-order valence-corrected chi connectivity index (χ2v) is 2.96. The van der Waals surface area contributed by atoms with Crippen LogP contribution in [0.4, 0.5) is 5.95 Å². The minimum atomic E-state index is -0.123. The molecule has 15 heavy (non-hydrogen) atoms. The fourth-order valence-corrected chi connectivity index (χ4v) is 1.21. The Morgan fingerprint density at radius 3 is 2.87 bits per heavy atom.